The molecule has 6 nitrogen and oxygen atoms in total. The van der Waals surface area contributed by atoms with Gasteiger partial charge in [-0.05, 0) is 199 Å². The van der Waals surface area contributed by atoms with E-state index in [1.165, 1.54) is 77.1 Å². The van der Waals surface area contributed by atoms with Crippen LogP contribution in [0.5, 0.6) is 17.2 Å². The molecule has 9 heteroatoms. The Bertz CT molecular complexity index is 3000. The normalized spacial score (nSPS) is 11.6. The van der Waals surface area contributed by atoms with Gasteiger partial charge in [-0.15, -0.1) is 0 Å². The number of aryl methyl sites for hydroxylation is 9. The number of methoxy groups -OCH3 is 1. The smallest absolute Gasteiger partial charge is 0.206 e. The maximum atomic E-state index is 13.4. The van der Waals surface area contributed by atoms with Crippen LogP contribution in [0.15, 0.2) is 137 Å². The van der Waals surface area contributed by atoms with Crippen molar-refractivity contribution in [2.75, 3.05) is 26.9 Å². The van der Waals surface area contributed by atoms with Crippen LogP contribution in [0.4, 0.5) is 0 Å². The number of ether oxygens (including phenoxy) is 2. The van der Waals surface area contributed by atoms with Gasteiger partial charge in [0.05, 0.1) is 23.6 Å². The summed E-state index contributed by atoms with van der Waals surface area (Å²) in [5, 5.41) is 12.1. The van der Waals surface area contributed by atoms with Crippen LogP contribution in [0.25, 0.3) is 0 Å². The zero-order chi connectivity index (χ0) is 52.0. The zero-order valence-electron chi connectivity index (χ0n) is 45.6. The molecule has 0 spiro atoms. The number of nitrogens with one attached hydrogen (secondary N) is 2. The fraction of sp³-hybridized carbons (Fsp3) is 0.364. The third kappa shape index (κ3) is 14.4. The predicted octanol–water partition coefficient (Wildman–Crippen LogP) is 12.1. The standard InChI is InChI=1S/C64H78N2O4PS.2CH4.HI/c1-43-18-27-58(28-19-43)72(67,68)59-29-25-57(26-30-59)70-60-31-22-55(64(10,11)54-20-23-56(69-12)24-21-54)40-53(60)42-66-33-17-15-14-16-32-65-41-52-38-50(8)63(51(9)39-52)71(13,61-46(4)34-44(2)35-47(61)5)62-48(6)36-45(3)37-49(62)7;;;/h18-31,34-40,65-66H,14-17,32-33,41-42H2,1-13H3;2*1H4;1H/q+1;;;/p-1. The molecule has 0 unspecified atom stereocenters. The van der Waals surface area contributed by atoms with Crippen LogP contribution in [0.1, 0.15) is 127 Å². The van der Waals surface area contributed by atoms with E-state index >= 15 is 0 Å². The number of halogens is 1. The summed E-state index contributed by atoms with van der Waals surface area (Å²) in [5.74, 6) is 2.14. The minimum atomic E-state index is -3.65. The topological polar surface area (TPSA) is 76.7 Å². The van der Waals surface area contributed by atoms with E-state index in [-0.39, 0.29) is 54.0 Å². The molecular formula is C66H86IN2O4PS. The summed E-state index contributed by atoms with van der Waals surface area (Å²) in [6.45, 7) is 30.8. The van der Waals surface area contributed by atoms with Gasteiger partial charge in [0.15, 0.2) is 0 Å². The van der Waals surface area contributed by atoms with Gasteiger partial charge in [-0.2, -0.15) is 0 Å². The van der Waals surface area contributed by atoms with Crippen molar-refractivity contribution in [3.8, 4) is 17.2 Å². The highest BCUT2D eigenvalue weighted by Crippen LogP contribution is 2.56. The minimum Gasteiger partial charge on any atom is -1.00 e. The van der Waals surface area contributed by atoms with Crippen LogP contribution in [0.3, 0.4) is 0 Å². The Hall–Kier alpha value is -4.83. The number of hydrogen-bond donors (Lipinski definition) is 2. The Morgan fingerprint density at radius 2 is 0.907 bits per heavy atom. The monoisotopic (exact) mass is 1160 g/mol. The fourth-order valence-electron chi connectivity index (χ4n) is 11.3. The lowest BCUT2D eigenvalue weighted by molar-refractivity contribution is -0.0000193. The van der Waals surface area contributed by atoms with Gasteiger partial charge in [0.1, 0.15) is 40.4 Å². The minimum absolute atomic E-state index is 0. The summed E-state index contributed by atoms with van der Waals surface area (Å²) in [7, 11) is -3.95. The zero-order valence-corrected chi connectivity index (χ0v) is 49.5. The van der Waals surface area contributed by atoms with Crippen molar-refractivity contribution < 1.29 is 41.9 Å². The van der Waals surface area contributed by atoms with E-state index < -0.39 is 17.1 Å². The van der Waals surface area contributed by atoms with Crippen LogP contribution < -0.4 is 60.0 Å². The average Bonchev–Trinajstić information content (AvgIpc) is 3.32. The second-order valence-electron chi connectivity index (χ2n) is 20.9. The Labute approximate surface area is 471 Å². The van der Waals surface area contributed by atoms with E-state index in [1.54, 1.807) is 43.5 Å². The van der Waals surface area contributed by atoms with Crippen molar-refractivity contribution in [2.24, 2.45) is 0 Å². The Morgan fingerprint density at radius 3 is 1.37 bits per heavy atom. The molecular weight excluding hydrogens is 1070 g/mol. The summed E-state index contributed by atoms with van der Waals surface area (Å²) in [6.07, 6.45) is 4.51. The molecule has 0 aliphatic rings. The third-order valence-electron chi connectivity index (χ3n) is 14.6. The highest BCUT2D eigenvalue weighted by atomic mass is 127. The number of rotatable bonds is 21. The van der Waals surface area contributed by atoms with Crippen LogP contribution in [-0.4, -0.2) is 35.3 Å². The van der Waals surface area contributed by atoms with Gasteiger partial charge >= 0.3 is 0 Å². The van der Waals surface area contributed by atoms with Crippen molar-refractivity contribution in [3.05, 3.63) is 200 Å². The number of benzene rings is 7. The highest BCUT2D eigenvalue weighted by Gasteiger charge is 2.47. The second kappa shape index (κ2) is 27.0. The molecule has 402 valence electrons. The highest BCUT2D eigenvalue weighted by molar-refractivity contribution is 7.95. The Morgan fingerprint density at radius 1 is 0.493 bits per heavy atom. The second-order valence-corrected chi connectivity index (χ2v) is 26.2. The molecule has 2 N–H and O–H groups in total. The maximum Gasteiger partial charge on any atom is 0.206 e. The average molecular weight is 1160 g/mol. The van der Waals surface area contributed by atoms with E-state index in [0.29, 0.717) is 12.3 Å². The lowest BCUT2D eigenvalue weighted by Gasteiger charge is -2.32. The Balaban J connectivity index is 0.00000406. The molecule has 0 atom stereocenters. The van der Waals surface area contributed by atoms with Gasteiger partial charge in [0, 0.05) is 24.1 Å². The van der Waals surface area contributed by atoms with Gasteiger partial charge in [-0.3, -0.25) is 0 Å². The third-order valence-corrected chi connectivity index (χ3v) is 21.1. The molecule has 7 aromatic rings. The van der Waals surface area contributed by atoms with Crippen LogP contribution in [-0.2, 0) is 28.3 Å². The molecule has 0 aliphatic carbocycles. The molecule has 0 bridgehead atoms. The molecule has 0 fully saturated rings. The first-order valence-electron chi connectivity index (χ1n) is 25.7. The first kappa shape index (κ1) is 62.7. The first-order valence-corrected chi connectivity index (χ1v) is 29.4. The van der Waals surface area contributed by atoms with Gasteiger partial charge in [0.2, 0.25) is 9.84 Å². The van der Waals surface area contributed by atoms with Crippen LogP contribution in [0, 0.1) is 62.3 Å². The van der Waals surface area contributed by atoms with E-state index in [2.05, 4.69) is 147 Å². The summed E-state index contributed by atoms with van der Waals surface area (Å²) >= 11 is 0. The fourth-order valence-corrected chi connectivity index (χ4v) is 17.9. The molecule has 0 radical (unpaired) electrons. The van der Waals surface area contributed by atoms with E-state index in [0.717, 1.165) is 67.9 Å². The first-order chi connectivity index (χ1) is 34.2. The predicted molar refractivity (Wildman–Crippen MR) is 319 cm³/mol. The maximum absolute atomic E-state index is 13.4. The molecule has 0 heterocycles. The molecule has 0 aliphatic heterocycles. The van der Waals surface area contributed by atoms with Gasteiger partial charge < -0.3 is 44.1 Å². The summed E-state index contributed by atoms with van der Waals surface area (Å²) in [6, 6.07) is 42.7. The van der Waals surface area contributed by atoms with E-state index in [4.69, 9.17) is 9.47 Å². The van der Waals surface area contributed by atoms with Crippen molar-refractivity contribution in [1.29, 1.82) is 0 Å². The van der Waals surface area contributed by atoms with Crippen LogP contribution >= 0.6 is 7.26 Å². The van der Waals surface area contributed by atoms with E-state index in [9.17, 15) is 8.42 Å². The quantitative estimate of drug-likeness (QED) is 0.0424. The van der Waals surface area contributed by atoms with Crippen molar-refractivity contribution in [2.45, 2.75) is 145 Å². The van der Waals surface area contributed by atoms with Crippen LogP contribution in [0.2, 0.25) is 0 Å². The van der Waals surface area contributed by atoms with Gasteiger partial charge in [-0.1, -0.05) is 125 Å². The van der Waals surface area contributed by atoms with Crippen molar-refractivity contribution >= 4 is 33.0 Å². The molecule has 0 aromatic heterocycles. The molecule has 7 aromatic carbocycles. The number of sulfone groups is 1. The van der Waals surface area contributed by atoms with Crippen molar-refractivity contribution in [1.82, 2.24) is 10.6 Å². The van der Waals surface area contributed by atoms with Crippen molar-refractivity contribution in [3.63, 3.8) is 0 Å². The summed E-state index contributed by atoms with van der Waals surface area (Å²) < 4.78 is 38.7. The summed E-state index contributed by atoms with van der Waals surface area (Å²) in [4.78, 5) is 0.507. The van der Waals surface area contributed by atoms with E-state index in [1.807, 2.05) is 37.3 Å². The lowest BCUT2D eigenvalue weighted by atomic mass is 9.77. The summed E-state index contributed by atoms with van der Waals surface area (Å²) in [5.41, 5.74) is 16.5. The molecule has 0 amide bonds. The SMILES string of the molecule is C.C.COc1ccc(C(C)(C)c2ccc(Oc3ccc(S(=O)(=O)c4ccc(C)cc4)cc3)c(CNCCCCCCNCc3cc(C)c([P+](C)(c4c(C)cc(C)cc4C)c4c(C)cc(C)cc4C)c(C)c3)c2)cc1.[I-]. The molecule has 7 rings (SSSR count). The largest absolute Gasteiger partial charge is 1.00 e. The Kier molecular flexibility index (Phi) is 22.6. The molecule has 0 saturated carbocycles. The number of hydrogen-bond acceptors (Lipinski definition) is 6. The van der Waals surface area contributed by atoms with Gasteiger partial charge in [-0.25, -0.2) is 8.42 Å². The van der Waals surface area contributed by atoms with Gasteiger partial charge in [0.25, 0.3) is 0 Å². The molecule has 75 heavy (non-hydrogen) atoms. The molecule has 0 saturated heterocycles. The lowest BCUT2D eigenvalue weighted by Crippen LogP contribution is -3.00. The number of unbranched alkanes of at least 4 members (excludes halogenated alkanes) is 3.